The lowest BCUT2D eigenvalue weighted by molar-refractivity contribution is 0.411. The topological polar surface area (TPSA) is 29.0 Å². The van der Waals surface area contributed by atoms with Crippen LogP contribution in [0.15, 0.2) is 82.8 Å². The van der Waals surface area contributed by atoms with Crippen molar-refractivity contribution in [3.63, 3.8) is 0 Å². The number of fused-ring (bicyclic) bond motifs is 2. The first-order valence-corrected chi connectivity index (χ1v) is 10.4. The Morgan fingerprint density at radius 3 is 1.52 bits per heavy atom. The molecule has 3 nitrogen and oxygen atoms in total. The van der Waals surface area contributed by atoms with Gasteiger partial charge >= 0.3 is 0 Å². The van der Waals surface area contributed by atoms with E-state index in [-0.39, 0.29) is 5.54 Å². The zero-order valence-corrected chi connectivity index (χ0v) is 17.2. The van der Waals surface area contributed by atoms with Crippen LogP contribution >= 0.6 is 23.9 Å². The van der Waals surface area contributed by atoms with Gasteiger partial charge in [-0.1, -0.05) is 48.5 Å². The quantitative estimate of drug-likeness (QED) is 0.366. The number of aromatic nitrogens is 2. The van der Waals surface area contributed by atoms with Crippen LogP contribution in [0.5, 0.6) is 0 Å². The molecule has 27 heavy (non-hydrogen) atoms. The molecule has 0 aliphatic carbocycles. The molecular weight excluding hydrogens is 370 g/mol. The lowest BCUT2D eigenvalue weighted by atomic mass is 10.1. The number of para-hydroxylation sites is 2. The fraction of sp³-hybridized carbons (Fsp3) is 0.182. The summed E-state index contributed by atoms with van der Waals surface area (Å²) in [6.07, 6.45) is 0. The minimum atomic E-state index is -0.0595. The van der Waals surface area contributed by atoms with E-state index in [0.29, 0.717) is 0 Å². The van der Waals surface area contributed by atoms with Crippen LogP contribution in [0.1, 0.15) is 20.8 Å². The van der Waals surface area contributed by atoms with E-state index in [2.05, 4.69) is 73.0 Å². The fourth-order valence-corrected chi connectivity index (χ4v) is 4.69. The largest absolute Gasteiger partial charge is 0.240 e. The van der Waals surface area contributed by atoms with Gasteiger partial charge in [-0.25, -0.2) is 9.97 Å². The molecule has 2 aromatic carbocycles. The van der Waals surface area contributed by atoms with Crippen LogP contribution in [0.25, 0.3) is 21.8 Å². The Labute approximate surface area is 168 Å². The number of rotatable bonds is 4. The normalized spacial score (nSPS) is 12.1. The van der Waals surface area contributed by atoms with E-state index in [1.807, 2.05) is 24.3 Å². The van der Waals surface area contributed by atoms with Gasteiger partial charge in [0.15, 0.2) is 0 Å². The molecule has 0 unspecified atom stereocenters. The number of nitrogens with zero attached hydrogens (tertiary/aromatic N) is 3. The van der Waals surface area contributed by atoms with Crippen molar-refractivity contribution in [2.24, 2.45) is 0 Å². The van der Waals surface area contributed by atoms with Crippen LogP contribution in [-0.4, -0.2) is 19.2 Å². The van der Waals surface area contributed by atoms with E-state index in [0.717, 1.165) is 31.9 Å². The average Bonchev–Trinajstić information content (AvgIpc) is 2.66. The molecular formula is C22H21N3S2. The van der Waals surface area contributed by atoms with Crippen LogP contribution in [0.2, 0.25) is 0 Å². The molecule has 5 heteroatoms. The molecule has 0 fully saturated rings. The summed E-state index contributed by atoms with van der Waals surface area (Å²) in [7, 11) is 0. The van der Waals surface area contributed by atoms with Crippen molar-refractivity contribution in [3.05, 3.63) is 72.8 Å². The molecule has 0 bridgehead atoms. The van der Waals surface area contributed by atoms with Crippen molar-refractivity contribution in [1.29, 1.82) is 0 Å². The standard InChI is InChI=1S/C22H21N3S2/c1-22(2,3)25(26-20-14-12-16-8-4-6-10-18(16)23-20)27-21-15-13-17-9-5-7-11-19(17)24-21/h4-15H,1-3H3. The van der Waals surface area contributed by atoms with E-state index in [4.69, 9.17) is 9.97 Å². The highest BCUT2D eigenvalue weighted by molar-refractivity contribution is 8.12. The molecule has 0 aliphatic heterocycles. The van der Waals surface area contributed by atoms with Crippen molar-refractivity contribution < 1.29 is 0 Å². The molecule has 0 atom stereocenters. The highest BCUT2D eigenvalue weighted by Gasteiger charge is 2.25. The summed E-state index contributed by atoms with van der Waals surface area (Å²) in [5.74, 6) is 0. The minimum absolute atomic E-state index is 0.0595. The van der Waals surface area contributed by atoms with Gasteiger partial charge in [0.25, 0.3) is 0 Å². The minimum Gasteiger partial charge on any atom is -0.240 e. The van der Waals surface area contributed by atoms with Crippen molar-refractivity contribution >= 4 is 45.7 Å². The lowest BCUT2D eigenvalue weighted by Gasteiger charge is -2.32. The second-order valence-electron chi connectivity index (χ2n) is 7.29. The highest BCUT2D eigenvalue weighted by Crippen LogP contribution is 2.39. The van der Waals surface area contributed by atoms with Crippen LogP contribution in [0.4, 0.5) is 0 Å². The maximum absolute atomic E-state index is 4.81. The molecule has 0 N–H and O–H groups in total. The first kappa shape index (κ1) is 18.3. The Bertz CT molecular complexity index is 1010. The molecule has 0 saturated heterocycles. The maximum atomic E-state index is 4.81. The zero-order valence-electron chi connectivity index (χ0n) is 15.6. The molecule has 136 valence electrons. The van der Waals surface area contributed by atoms with Crippen molar-refractivity contribution in [1.82, 2.24) is 13.7 Å². The number of hydrogen-bond donors (Lipinski definition) is 0. The van der Waals surface area contributed by atoms with Gasteiger partial charge in [0.1, 0.15) is 10.1 Å². The Balaban J connectivity index is 1.62. The van der Waals surface area contributed by atoms with Crippen molar-refractivity contribution in [3.8, 4) is 0 Å². The van der Waals surface area contributed by atoms with E-state index in [1.165, 1.54) is 0 Å². The predicted molar refractivity (Wildman–Crippen MR) is 117 cm³/mol. The first-order chi connectivity index (χ1) is 13.0. The Kier molecular flexibility index (Phi) is 5.08. The molecule has 4 rings (SSSR count). The molecule has 0 spiro atoms. The van der Waals surface area contributed by atoms with Gasteiger partial charge in [0.05, 0.1) is 11.0 Å². The summed E-state index contributed by atoms with van der Waals surface area (Å²) in [6.45, 7) is 6.61. The highest BCUT2D eigenvalue weighted by atomic mass is 32.2. The van der Waals surface area contributed by atoms with Crippen LogP contribution in [0.3, 0.4) is 0 Å². The summed E-state index contributed by atoms with van der Waals surface area (Å²) in [6, 6.07) is 24.8. The predicted octanol–water partition coefficient (Wildman–Crippen LogP) is 6.60. The fourth-order valence-electron chi connectivity index (χ4n) is 2.66. The van der Waals surface area contributed by atoms with Crippen LogP contribution in [0, 0.1) is 0 Å². The Morgan fingerprint density at radius 2 is 1.07 bits per heavy atom. The maximum Gasteiger partial charge on any atom is 0.113 e. The first-order valence-electron chi connectivity index (χ1n) is 8.87. The molecule has 0 aliphatic rings. The zero-order chi connectivity index (χ0) is 18.9. The molecule has 0 radical (unpaired) electrons. The summed E-state index contributed by atoms with van der Waals surface area (Å²) in [4.78, 5) is 9.62. The molecule has 0 amide bonds. The van der Waals surface area contributed by atoms with Gasteiger partial charge in [-0.3, -0.25) is 0 Å². The van der Waals surface area contributed by atoms with Gasteiger partial charge in [0, 0.05) is 16.3 Å². The summed E-state index contributed by atoms with van der Waals surface area (Å²) in [5.41, 5.74) is 1.98. The Morgan fingerprint density at radius 1 is 0.630 bits per heavy atom. The van der Waals surface area contributed by atoms with Crippen LogP contribution in [-0.2, 0) is 0 Å². The SMILES string of the molecule is CC(C)(C)N(Sc1ccc2ccccc2n1)Sc1ccc2ccccc2n1. The third kappa shape index (κ3) is 4.26. The number of pyridine rings is 2. The molecule has 0 saturated carbocycles. The summed E-state index contributed by atoms with van der Waals surface area (Å²) < 4.78 is 2.27. The second kappa shape index (κ2) is 7.50. The van der Waals surface area contributed by atoms with E-state index in [9.17, 15) is 0 Å². The van der Waals surface area contributed by atoms with Gasteiger partial charge in [-0.05, 0) is 68.9 Å². The van der Waals surface area contributed by atoms with Gasteiger partial charge in [-0.2, -0.15) is 3.71 Å². The van der Waals surface area contributed by atoms with Gasteiger partial charge in [0.2, 0.25) is 0 Å². The smallest absolute Gasteiger partial charge is 0.113 e. The molecule has 2 aromatic heterocycles. The van der Waals surface area contributed by atoms with Crippen molar-refractivity contribution in [2.75, 3.05) is 0 Å². The summed E-state index contributed by atoms with van der Waals surface area (Å²) in [5, 5.41) is 4.29. The molecule has 2 heterocycles. The monoisotopic (exact) mass is 391 g/mol. The number of benzene rings is 2. The second-order valence-corrected chi connectivity index (χ2v) is 9.46. The number of hydrogen-bond acceptors (Lipinski definition) is 5. The van der Waals surface area contributed by atoms with Gasteiger partial charge < -0.3 is 0 Å². The molecule has 4 aromatic rings. The average molecular weight is 392 g/mol. The van der Waals surface area contributed by atoms with Gasteiger partial charge in [-0.15, -0.1) is 0 Å². The summed E-state index contributed by atoms with van der Waals surface area (Å²) >= 11 is 3.31. The lowest BCUT2D eigenvalue weighted by Crippen LogP contribution is -2.30. The van der Waals surface area contributed by atoms with E-state index < -0.39 is 0 Å². The van der Waals surface area contributed by atoms with Crippen molar-refractivity contribution in [2.45, 2.75) is 36.4 Å². The Hall–Kier alpha value is -2.08. The van der Waals surface area contributed by atoms with Crippen LogP contribution < -0.4 is 0 Å². The third-order valence-corrected chi connectivity index (χ3v) is 6.75. The third-order valence-electron chi connectivity index (χ3n) is 4.05. The van der Waals surface area contributed by atoms with E-state index >= 15 is 0 Å². The van der Waals surface area contributed by atoms with E-state index in [1.54, 1.807) is 23.9 Å².